The number of rotatable bonds is 14. The van der Waals surface area contributed by atoms with E-state index < -0.39 is 18.0 Å². The molecule has 1 aromatic heterocycles. The summed E-state index contributed by atoms with van der Waals surface area (Å²) in [5.74, 6) is 1.50. The third kappa shape index (κ3) is 8.56. The van der Waals surface area contributed by atoms with Crippen LogP contribution in [0.1, 0.15) is 60.3 Å². The minimum atomic E-state index is -4.66. The van der Waals surface area contributed by atoms with Gasteiger partial charge in [0.25, 0.3) is 0 Å². The molecule has 13 heteroatoms. The first-order valence-electron chi connectivity index (χ1n) is 15.8. The Morgan fingerprint density at radius 1 is 0.958 bits per heavy atom. The van der Waals surface area contributed by atoms with Gasteiger partial charge in [-0.3, -0.25) is 0 Å². The average molecular weight is 683 g/mol. The fraction of sp³-hybridized carbons (Fsp3) is 0.400. The maximum Gasteiger partial charge on any atom is 0.417 e. The molecule has 1 saturated carbocycles. The minimum absolute atomic E-state index is 0.00140. The largest absolute Gasteiger partial charge is 0.497 e. The molecule has 48 heavy (non-hydrogen) atoms. The first-order chi connectivity index (χ1) is 23.1. The normalized spacial score (nSPS) is 17.3. The van der Waals surface area contributed by atoms with Crippen LogP contribution in [0.4, 0.5) is 13.2 Å². The van der Waals surface area contributed by atoms with Gasteiger partial charge in [-0.15, -0.1) is 16.8 Å². The zero-order valence-electron chi connectivity index (χ0n) is 27.3. The second kappa shape index (κ2) is 16.0. The molecule has 0 amide bonds. The van der Waals surface area contributed by atoms with Crippen molar-refractivity contribution in [2.75, 3.05) is 21.3 Å². The number of methoxy groups -OCH3 is 3. The smallest absolute Gasteiger partial charge is 0.417 e. The Morgan fingerprint density at radius 3 is 2.15 bits per heavy atom. The highest BCUT2D eigenvalue weighted by molar-refractivity contribution is 7.97. The lowest BCUT2D eigenvalue weighted by molar-refractivity contribution is -0.139. The first kappa shape index (κ1) is 35.4. The molecule has 0 spiro atoms. The third-order valence-corrected chi connectivity index (χ3v) is 9.74. The minimum Gasteiger partial charge on any atom is -0.497 e. The van der Waals surface area contributed by atoms with E-state index in [1.165, 1.54) is 18.0 Å². The molecule has 1 aliphatic rings. The lowest BCUT2D eigenvalue weighted by atomic mass is 9.80. The van der Waals surface area contributed by atoms with E-state index in [0.29, 0.717) is 23.5 Å². The quantitative estimate of drug-likeness (QED) is 0.0825. The molecule has 5 rings (SSSR count). The van der Waals surface area contributed by atoms with Crippen molar-refractivity contribution in [2.45, 2.75) is 74.5 Å². The zero-order chi connectivity index (χ0) is 34.3. The number of nitrogens with two attached hydrogens (primary N) is 1. The van der Waals surface area contributed by atoms with Gasteiger partial charge in [0.2, 0.25) is 5.82 Å². The molecule has 1 fully saturated rings. The van der Waals surface area contributed by atoms with Crippen LogP contribution in [0.25, 0.3) is 11.4 Å². The summed E-state index contributed by atoms with van der Waals surface area (Å²) < 4.78 is 63.0. The molecular weight excluding hydrogens is 641 g/mol. The summed E-state index contributed by atoms with van der Waals surface area (Å²) in [5, 5.41) is 13.3. The standard InChI is InChI=1S/C35H41F3N6O3S/c1-5-6-31(47-4)43(21-23-7-15-27(45-2)16-8-23)48-33-30(35(36,37)38)20-19-29(25-11-13-26(39)14-12-25)32(33)34-40-42-44(41-34)22-24-9-17-28(46-3)18-10-24/h5,7-10,15-20,25-26,31H,1,6,11-14,21-22,39H2,2-4H3. The van der Waals surface area contributed by atoms with Crippen molar-refractivity contribution < 1.29 is 27.4 Å². The van der Waals surface area contributed by atoms with E-state index >= 15 is 0 Å². The Balaban J connectivity index is 1.63. The number of hydrogen-bond donors (Lipinski definition) is 1. The summed E-state index contributed by atoms with van der Waals surface area (Å²) in [6, 6.07) is 17.6. The van der Waals surface area contributed by atoms with Gasteiger partial charge in [-0.1, -0.05) is 36.4 Å². The Kier molecular flexibility index (Phi) is 11.8. The van der Waals surface area contributed by atoms with Crippen LogP contribution < -0.4 is 15.2 Å². The molecule has 3 aromatic carbocycles. The Morgan fingerprint density at radius 2 is 1.58 bits per heavy atom. The zero-order valence-corrected chi connectivity index (χ0v) is 28.1. The molecule has 0 saturated heterocycles. The van der Waals surface area contributed by atoms with E-state index in [4.69, 9.17) is 19.9 Å². The van der Waals surface area contributed by atoms with Gasteiger partial charge in [0.1, 0.15) is 17.7 Å². The molecule has 4 aromatic rings. The van der Waals surface area contributed by atoms with E-state index in [9.17, 15) is 13.2 Å². The summed E-state index contributed by atoms with van der Waals surface area (Å²) in [6.45, 7) is 4.41. The number of alkyl halides is 3. The van der Waals surface area contributed by atoms with Gasteiger partial charge in [0, 0.05) is 36.6 Å². The third-order valence-electron chi connectivity index (χ3n) is 8.53. The van der Waals surface area contributed by atoms with Crippen LogP contribution >= 0.6 is 11.9 Å². The molecule has 256 valence electrons. The van der Waals surface area contributed by atoms with Crippen molar-refractivity contribution in [1.82, 2.24) is 24.5 Å². The Hall–Kier alpha value is -3.91. The molecule has 1 aliphatic carbocycles. The number of aromatic nitrogens is 4. The number of ether oxygens (including phenoxy) is 3. The summed E-state index contributed by atoms with van der Waals surface area (Å²) in [7, 11) is 4.71. The van der Waals surface area contributed by atoms with Crippen LogP contribution in [-0.4, -0.2) is 58.1 Å². The number of halogens is 3. The van der Waals surface area contributed by atoms with Crippen molar-refractivity contribution in [1.29, 1.82) is 0 Å². The maximum atomic E-state index is 14.9. The van der Waals surface area contributed by atoms with Crippen molar-refractivity contribution in [3.63, 3.8) is 0 Å². The molecule has 9 nitrogen and oxygen atoms in total. The number of benzene rings is 3. The Labute approximate surface area is 283 Å². The average Bonchev–Trinajstić information content (AvgIpc) is 3.55. The van der Waals surface area contributed by atoms with Gasteiger partial charge in [0.15, 0.2) is 0 Å². The molecular formula is C35H41F3N6O3S. The monoisotopic (exact) mass is 682 g/mol. The second-order valence-corrected chi connectivity index (χ2v) is 12.8. The molecule has 1 unspecified atom stereocenters. The summed E-state index contributed by atoms with van der Waals surface area (Å²) in [6.07, 6.45) is -0.121. The van der Waals surface area contributed by atoms with Gasteiger partial charge in [-0.05, 0) is 95.8 Å². The van der Waals surface area contributed by atoms with Crippen molar-refractivity contribution in [3.05, 3.63) is 95.6 Å². The molecule has 1 atom stereocenters. The second-order valence-electron chi connectivity index (χ2n) is 11.7. The topological polar surface area (TPSA) is 101 Å². The van der Waals surface area contributed by atoms with Crippen molar-refractivity contribution in [2.24, 2.45) is 5.73 Å². The van der Waals surface area contributed by atoms with Gasteiger partial charge in [-0.25, -0.2) is 4.31 Å². The van der Waals surface area contributed by atoms with Crippen molar-refractivity contribution in [3.8, 4) is 22.9 Å². The SMILES string of the molecule is C=CCC(OC)N(Cc1ccc(OC)cc1)Sc1c(C(F)(F)F)ccc(C2CCC(N)CC2)c1-c1nnn(Cc2ccc(OC)cc2)n1. The fourth-order valence-corrected chi connectivity index (χ4v) is 7.24. The first-order valence-corrected chi connectivity index (χ1v) is 16.5. The highest BCUT2D eigenvalue weighted by atomic mass is 32.2. The summed E-state index contributed by atoms with van der Waals surface area (Å²) >= 11 is 0.991. The number of nitrogens with zero attached hydrogens (tertiary/aromatic N) is 5. The predicted molar refractivity (Wildman–Crippen MR) is 180 cm³/mol. The molecule has 0 aliphatic heterocycles. The van der Waals surface area contributed by atoms with Crippen LogP contribution in [0, 0.1) is 0 Å². The lowest BCUT2D eigenvalue weighted by Crippen LogP contribution is -2.31. The maximum absolute atomic E-state index is 14.9. The predicted octanol–water partition coefficient (Wildman–Crippen LogP) is 7.47. The van der Waals surface area contributed by atoms with Gasteiger partial charge < -0.3 is 19.9 Å². The van der Waals surface area contributed by atoms with Gasteiger partial charge in [-0.2, -0.15) is 18.0 Å². The lowest BCUT2D eigenvalue weighted by Gasteiger charge is -2.32. The highest BCUT2D eigenvalue weighted by Gasteiger charge is 2.39. The Bertz CT molecular complexity index is 1640. The summed E-state index contributed by atoms with van der Waals surface area (Å²) in [5.41, 5.74) is 8.28. The van der Waals surface area contributed by atoms with Crippen LogP contribution in [0.5, 0.6) is 11.5 Å². The van der Waals surface area contributed by atoms with E-state index in [0.717, 1.165) is 54.3 Å². The van der Waals surface area contributed by atoms with Gasteiger partial charge in [0.05, 0.1) is 26.3 Å². The van der Waals surface area contributed by atoms with Crippen LogP contribution in [0.2, 0.25) is 0 Å². The molecule has 0 radical (unpaired) electrons. The number of hydrogen-bond acceptors (Lipinski definition) is 9. The van der Waals surface area contributed by atoms with Crippen LogP contribution in [-0.2, 0) is 24.0 Å². The van der Waals surface area contributed by atoms with Crippen molar-refractivity contribution >= 4 is 11.9 Å². The van der Waals surface area contributed by atoms with E-state index in [-0.39, 0.29) is 35.8 Å². The van der Waals surface area contributed by atoms with Gasteiger partial charge >= 0.3 is 6.18 Å². The summed E-state index contributed by atoms with van der Waals surface area (Å²) in [4.78, 5) is 1.40. The number of tetrazole rings is 1. The molecule has 0 bridgehead atoms. The van der Waals surface area contributed by atoms with Crippen LogP contribution in [0.15, 0.2) is 78.2 Å². The molecule has 2 N–H and O–H groups in total. The van der Waals surface area contributed by atoms with E-state index in [2.05, 4.69) is 22.0 Å². The van der Waals surface area contributed by atoms with Crippen LogP contribution in [0.3, 0.4) is 0 Å². The van der Waals surface area contributed by atoms with E-state index in [1.54, 1.807) is 30.7 Å². The fourth-order valence-electron chi connectivity index (χ4n) is 5.92. The van der Waals surface area contributed by atoms with E-state index in [1.807, 2.05) is 48.5 Å². The molecule has 1 heterocycles. The highest BCUT2D eigenvalue weighted by Crippen LogP contribution is 2.48.